The molecular weight excluding hydrogens is 369 g/mol. The lowest BCUT2D eigenvalue weighted by Crippen LogP contribution is -2.26. The summed E-state index contributed by atoms with van der Waals surface area (Å²) in [6.45, 7) is 2.61. The largest absolute Gasteiger partial charge is 0.352 e. The third kappa shape index (κ3) is 5.27. The predicted octanol–water partition coefficient (Wildman–Crippen LogP) is 2.36. The lowest BCUT2D eigenvalue weighted by Gasteiger charge is -2.10. The zero-order chi connectivity index (χ0) is 19.3. The zero-order valence-electron chi connectivity index (χ0n) is 14.7. The van der Waals surface area contributed by atoms with Crippen LogP contribution in [-0.2, 0) is 10.0 Å². The van der Waals surface area contributed by atoms with E-state index in [1.807, 2.05) is 0 Å². The molecule has 1 fully saturated rings. The lowest BCUT2D eigenvalue weighted by molar-refractivity contribution is 0.0951. The van der Waals surface area contributed by atoms with Crippen molar-refractivity contribution in [3.63, 3.8) is 0 Å². The van der Waals surface area contributed by atoms with Crippen molar-refractivity contribution < 1.29 is 17.6 Å². The third-order valence-corrected chi connectivity index (χ3v) is 5.92. The van der Waals surface area contributed by atoms with E-state index < -0.39 is 15.8 Å². The van der Waals surface area contributed by atoms with Crippen molar-refractivity contribution in [1.29, 1.82) is 0 Å². The molecule has 0 spiro atoms. The van der Waals surface area contributed by atoms with Gasteiger partial charge < -0.3 is 10.6 Å². The van der Waals surface area contributed by atoms with Gasteiger partial charge in [-0.1, -0.05) is 0 Å². The van der Waals surface area contributed by atoms with Crippen LogP contribution in [-0.4, -0.2) is 34.0 Å². The summed E-state index contributed by atoms with van der Waals surface area (Å²) < 4.78 is 40.0. The summed E-state index contributed by atoms with van der Waals surface area (Å²) >= 11 is 0. The standard InChI is InChI=1S/C19H22FN3O3S/c20-16-3-5-17(6-4-16)23-27(25,26)18-7-1-15(2-8-18)19(24)22-12-10-14-9-11-21-13-14/h1-8,14,21,23H,9-13H2,(H,22,24). The Labute approximate surface area is 158 Å². The van der Waals surface area contributed by atoms with E-state index in [0.717, 1.165) is 25.9 Å². The maximum Gasteiger partial charge on any atom is 0.261 e. The Morgan fingerprint density at radius 2 is 1.81 bits per heavy atom. The average Bonchev–Trinajstić information content (AvgIpc) is 3.17. The first kappa shape index (κ1) is 19.3. The minimum Gasteiger partial charge on any atom is -0.352 e. The number of halogens is 1. The van der Waals surface area contributed by atoms with E-state index in [4.69, 9.17) is 0 Å². The number of amides is 1. The highest BCUT2D eigenvalue weighted by Gasteiger charge is 2.16. The van der Waals surface area contributed by atoms with Gasteiger partial charge in [0.1, 0.15) is 5.82 Å². The molecule has 1 atom stereocenters. The second-order valence-electron chi connectivity index (χ2n) is 6.54. The summed E-state index contributed by atoms with van der Waals surface area (Å²) in [5.41, 5.74) is 0.667. The first-order valence-corrected chi connectivity index (χ1v) is 10.3. The number of hydrogen-bond donors (Lipinski definition) is 3. The molecule has 0 radical (unpaired) electrons. The molecule has 1 aliphatic rings. The number of hydrogen-bond acceptors (Lipinski definition) is 4. The smallest absolute Gasteiger partial charge is 0.261 e. The van der Waals surface area contributed by atoms with E-state index in [-0.39, 0.29) is 16.5 Å². The molecular formula is C19H22FN3O3S. The van der Waals surface area contributed by atoms with E-state index in [1.165, 1.54) is 48.5 Å². The number of carbonyl (C=O) groups is 1. The van der Waals surface area contributed by atoms with Crippen LogP contribution in [0, 0.1) is 11.7 Å². The lowest BCUT2D eigenvalue weighted by atomic mass is 10.1. The number of benzene rings is 2. The Balaban J connectivity index is 1.58. The van der Waals surface area contributed by atoms with Gasteiger partial charge in [0, 0.05) is 17.8 Å². The van der Waals surface area contributed by atoms with Gasteiger partial charge in [0.05, 0.1) is 4.90 Å². The van der Waals surface area contributed by atoms with Crippen LogP contribution in [0.15, 0.2) is 53.4 Å². The van der Waals surface area contributed by atoms with E-state index in [0.29, 0.717) is 18.0 Å². The number of carbonyl (C=O) groups excluding carboxylic acids is 1. The molecule has 2 aromatic rings. The molecule has 0 bridgehead atoms. The number of rotatable bonds is 7. The van der Waals surface area contributed by atoms with Crippen molar-refractivity contribution in [2.45, 2.75) is 17.7 Å². The summed E-state index contributed by atoms with van der Waals surface area (Å²) in [7, 11) is -3.81. The van der Waals surface area contributed by atoms with E-state index in [9.17, 15) is 17.6 Å². The van der Waals surface area contributed by atoms with E-state index in [1.54, 1.807) is 0 Å². The summed E-state index contributed by atoms with van der Waals surface area (Å²) in [4.78, 5) is 12.2. The molecule has 3 N–H and O–H groups in total. The van der Waals surface area contributed by atoms with Crippen molar-refractivity contribution in [3.8, 4) is 0 Å². The van der Waals surface area contributed by atoms with Gasteiger partial charge in [-0.15, -0.1) is 0 Å². The van der Waals surface area contributed by atoms with Crippen LogP contribution in [0.5, 0.6) is 0 Å². The molecule has 3 rings (SSSR count). The predicted molar refractivity (Wildman–Crippen MR) is 102 cm³/mol. The minimum absolute atomic E-state index is 0.0282. The van der Waals surface area contributed by atoms with Crippen LogP contribution >= 0.6 is 0 Å². The van der Waals surface area contributed by atoms with Crippen molar-refractivity contribution >= 4 is 21.6 Å². The van der Waals surface area contributed by atoms with E-state index in [2.05, 4.69) is 15.4 Å². The normalized spacial score (nSPS) is 16.9. The van der Waals surface area contributed by atoms with Crippen molar-refractivity contribution in [1.82, 2.24) is 10.6 Å². The number of nitrogens with one attached hydrogen (secondary N) is 3. The Hall–Kier alpha value is -2.45. The molecule has 2 aromatic carbocycles. The van der Waals surface area contributed by atoms with Crippen LogP contribution in [0.25, 0.3) is 0 Å². The monoisotopic (exact) mass is 391 g/mol. The zero-order valence-corrected chi connectivity index (χ0v) is 15.6. The Bertz CT molecular complexity index is 877. The summed E-state index contributed by atoms with van der Waals surface area (Å²) in [5.74, 6) is -0.0794. The molecule has 0 aliphatic carbocycles. The Morgan fingerprint density at radius 1 is 1.11 bits per heavy atom. The van der Waals surface area contributed by atoms with Gasteiger partial charge in [-0.25, -0.2) is 12.8 Å². The molecule has 8 heteroatoms. The highest BCUT2D eigenvalue weighted by Crippen LogP contribution is 2.17. The van der Waals surface area contributed by atoms with Gasteiger partial charge in [-0.05, 0) is 80.4 Å². The molecule has 1 aliphatic heterocycles. The van der Waals surface area contributed by atoms with Gasteiger partial charge in [0.15, 0.2) is 0 Å². The van der Waals surface area contributed by atoms with Crippen molar-refractivity contribution in [2.75, 3.05) is 24.4 Å². The van der Waals surface area contributed by atoms with Crippen LogP contribution < -0.4 is 15.4 Å². The van der Waals surface area contributed by atoms with Crippen molar-refractivity contribution in [3.05, 3.63) is 59.9 Å². The van der Waals surface area contributed by atoms with Gasteiger partial charge in [0.25, 0.3) is 15.9 Å². The highest BCUT2D eigenvalue weighted by molar-refractivity contribution is 7.92. The van der Waals surface area contributed by atoms with Gasteiger partial charge in [-0.3, -0.25) is 9.52 Å². The average molecular weight is 391 g/mol. The molecule has 0 aromatic heterocycles. The number of anilines is 1. The summed E-state index contributed by atoms with van der Waals surface area (Å²) in [6.07, 6.45) is 2.05. The molecule has 1 amide bonds. The Kier molecular flexibility index (Phi) is 6.08. The third-order valence-electron chi connectivity index (χ3n) is 4.52. The molecule has 144 valence electrons. The Morgan fingerprint density at radius 3 is 2.44 bits per heavy atom. The fourth-order valence-electron chi connectivity index (χ4n) is 2.97. The molecule has 1 unspecified atom stereocenters. The van der Waals surface area contributed by atoms with Gasteiger partial charge >= 0.3 is 0 Å². The van der Waals surface area contributed by atoms with Gasteiger partial charge in [0.2, 0.25) is 0 Å². The van der Waals surface area contributed by atoms with Crippen LogP contribution in [0.3, 0.4) is 0 Å². The van der Waals surface area contributed by atoms with E-state index >= 15 is 0 Å². The van der Waals surface area contributed by atoms with Crippen LogP contribution in [0.1, 0.15) is 23.2 Å². The summed E-state index contributed by atoms with van der Waals surface area (Å²) in [5, 5.41) is 6.15. The van der Waals surface area contributed by atoms with Gasteiger partial charge in [-0.2, -0.15) is 0 Å². The van der Waals surface area contributed by atoms with Crippen molar-refractivity contribution in [2.24, 2.45) is 5.92 Å². The fraction of sp³-hybridized carbons (Fsp3) is 0.316. The molecule has 0 saturated carbocycles. The topological polar surface area (TPSA) is 87.3 Å². The summed E-state index contributed by atoms with van der Waals surface area (Å²) in [6, 6.07) is 10.7. The first-order chi connectivity index (χ1) is 12.9. The fourth-order valence-corrected chi connectivity index (χ4v) is 4.03. The second kappa shape index (κ2) is 8.49. The molecule has 27 heavy (non-hydrogen) atoms. The maximum atomic E-state index is 12.9. The quantitative estimate of drug-likeness (QED) is 0.676. The first-order valence-electron chi connectivity index (χ1n) is 8.81. The van der Waals surface area contributed by atoms with Crippen LogP contribution in [0.4, 0.5) is 10.1 Å². The molecule has 6 nitrogen and oxygen atoms in total. The highest BCUT2D eigenvalue weighted by atomic mass is 32.2. The minimum atomic E-state index is -3.81. The molecule has 1 saturated heterocycles. The number of sulfonamides is 1. The van der Waals surface area contributed by atoms with Crippen LogP contribution in [0.2, 0.25) is 0 Å². The molecule has 1 heterocycles. The maximum absolute atomic E-state index is 12.9. The SMILES string of the molecule is O=C(NCCC1CCNC1)c1ccc(S(=O)(=O)Nc2ccc(F)cc2)cc1. The second-order valence-corrected chi connectivity index (χ2v) is 8.22.